The summed E-state index contributed by atoms with van der Waals surface area (Å²) < 4.78 is 7.35. The minimum absolute atomic E-state index is 0.374. The fourth-order valence-corrected chi connectivity index (χ4v) is 1.47. The predicted octanol–water partition coefficient (Wildman–Crippen LogP) is 1.07. The minimum atomic E-state index is 0.374. The lowest BCUT2D eigenvalue weighted by Crippen LogP contribution is -2.32. The first-order valence-corrected chi connectivity index (χ1v) is 5.56. The van der Waals surface area contributed by atoms with Gasteiger partial charge in [0, 0.05) is 25.4 Å². The van der Waals surface area contributed by atoms with E-state index in [1.54, 1.807) is 0 Å². The van der Waals surface area contributed by atoms with Gasteiger partial charge in [-0.15, -0.1) is 0 Å². The molecule has 0 spiro atoms. The molecular weight excluding hydrogens is 190 g/mol. The molecule has 4 nitrogen and oxygen atoms in total. The second kappa shape index (κ2) is 6.58. The molecule has 1 heterocycles. The van der Waals surface area contributed by atoms with Crippen LogP contribution < -0.4 is 5.32 Å². The molecule has 0 aromatic carbocycles. The van der Waals surface area contributed by atoms with Crippen LogP contribution in [-0.4, -0.2) is 36.1 Å². The van der Waals surface area contributed by atoms with Crippen molar-refractivity contribution in [2.75, 3.05) is 20.3 Å². The van der Waals surface area contributed by atoms with Crippen LogP contribution in [0.4, 0.5) is 0 Å². The molecule has 1 aromatic heterocycles. The van der Waals surface area contributed by atoms with Gasteiger partial charge in [-0.2, -0.15) is 5.10 Å². The third-order valence-electron chi connectivity index (χ3n) is 2.42. The quantitative estimate of drug-likeness (QED) is 0.733. The molecule has 0 saturated heterocycles. The van der Waals surface area contributed by atoms with Gasteiger partial charge in [-0.1, -0.05) is 0 Å². The molecule has 1 atom stereocenters. The van der Waals surface area contributed by atoms with E-state index in [4.69, 9.17) is 4.74 Å². The number of nitrogens with zero attached hydrogens (tertiary/aromatic N) is 2. The van der Waals surface area contributed by atoms with E-state index in [1.165, 1.54) is 5.56 Å². The van der Waals surface area contributed by atoms with Gasteiger partial charge < -0.3 is 10.1 Å². The smallest absolute Gasteiger partial charge is 0.0622 e. The Bertz CT molecular complexity index is 273. The number of likely N-dealkylation sites (N-methyl/N-ethyl adjacent to an activating group) is 1. The lowest BCUT2D eigenvalue weighted by atomic mass is 10.1. The molecule has 1 aromatic rings. The molecule has 0 amide bonds. The van der Waals surface area contributed by atoms with Crippen LogP contribution in [-0.2, 0) is 17.7 Å². The van der Waals surface area contributed by atoms with Gasteiger partial charge in [0.2, 0.25) is 0 Å². The number of hydrogen-bond donors (Lipinski definition) is 1. The van der Waals surface area contributed by atoms with Crippen LogP contribution in [0.3, 0.4) is 0 Å². The lowest BCUT2D eigenvalue weighted by molar-refractivity contribution is 0.125. The SMILES string of the molecule is CCOCC(Cc1cnn(CC)c1)NC. The fraction of sp³-hybridized carbons (Fsp3) is 0.727. The van der Waals surface area contributed by atoms with Crippen molar-refractivity contribution in [3.8, 4) is 0 Å². The molecule has 0 radical (unpaired) electrons. The summed E-state index contributed by atoms with van der Waals surface area (Å²) in [6.45, 7) is 6.56. The number of ether oxygens (including phenoxy) is 1. The average Bonchev–Trinajstić information content (AvgIpc) is 2.71. The van der Waals surface area contributed by atoms with Gasteiger partial charge in [-0.3, -0.25) is 4.68 Å². The van der Waals surface area contributed by atoms with E-state index in [9.17, 15) is 0 Å². The van der Waals surface area contributed by atoms with Crippen molar-refractivity contribution < 1.29 is 4.74 Å². The highest BCUT2D eigenvalue weighted by atomic mass is 16.5. The standard InChI is InChI=1S/C11H21N3O/c1-4-14-8-10(7-13-14)6-11(12-3)9-15-5-2/h7-8,11-12H,4-6,9H2,1-3H3. The highest BCUT2D eigenvalue weighted by Gasteiger charge is 2.08. The molecule has 0 bridgehead atoms. The van der Waals surface area contributed by atoms with Crippen LogP contribution >= 0.6 is 0 Å². The molecule has 0 aliphatic heterocycles. The maximum Gasteiger partial charge on any atom is 0.0622 e. The fourth-order valence-electron chi connectivity index (χ4n) is 1.47. The minimum Gasteiger partial charge on any atom is -0.380 e. The second-order valence-electron chi connectivity index (χ2n) is 3.55. The third kappa shape index (κ3) is 4.01. The molecule has 0 fully saturated rings. The first-order chi connectivity index (χ1) is 7.30. The molecule has 0 aliphatic carbocycles. The molecule has 15 heavy (non-hydrogen) atoms. The molecule has 0 aliphatic rings. The Kier molecular flexibility index (Phi) is 5.36. The Morgan fingerprint density at radius 3 is 2.87 bits per heavy atom. The monoisotopic (exact) mass is 211 g/mol. The zero-order valence-electron chi connectivity index (χ0n) is 9.86. The summed E-state index contributed by atoms with van der Waals surface area (Å²) in [6, 6.07) is 0.374. The summed E-state index contributed by atoms with van der Waals surface area (Å²) in [6.07, 6.45) is 4.99. The summed E-state index contributed by atoms with van der Waals surface area (Å²) in [5.74, 6) is 0. The van der Waals surface area contributed by atoms with Crippen molar-refractivity contribution in [2.45, 2.75) is 32.9 Å². The number of hydrogen-bond acceptors (Lipinski definition) is 3. The molecule has 1 rings (SSSR count). The molecular formula is C11H21N3O. The van der Waals surface area contributed by atoms with E-state index in [-0.39, 0.29) is 0 Å². The molecule has 86 valence electrons. The molecule has 4 heteroatoms. The molecule has 0 saturated carbocycles. The third-order valence-corrected chi connectivity index (χ3v) is 2.42. The first-order valence-electron chi connectivity index (χ1n) is 5.56. The summed E-state index contributed by atoms with van der Waals surface area (Å²) >= 11 is 0. The maximum atomic E-state index is 5.40. The highest BCUT2D eigenvalue weighted by Crippen LogP contribution is 2.02. The van der Waals surface area contributed by atoms with Crippen LogP contribution in [0, 0.1) is 0 Å². The van der Waals surface area contributed by atoms with Crippen molar-refractivity contribution in [1.82, 2.24) is 15.1 Å². The van der Waals surface area contributed by atoms with E-state index in [1.807, 2.05) is 24.9 Å². The van der Waals surface area contributed by atoms with Crippen LogP contribution in [0.15, 0.2) is 12.4 Å². The highest BCUT2D eigenvalue weighted by molar-refractivity contribution is 5.06. The largest absolute Gasteiger partial charge is 0.380 e. The van der Waals surface area contributed by atoms with Crippen LogP contribution in [0.1, 0.15) is 19.4 Å². The summed E-state index contributed by atoms with van der Waals surface area (Å²) in [7, 11) is 1.97. The van der Waals surface area contributed by atoms with Gasteiger partial charge in [0.05, 0.1) is 12.8 Å². The van der Waals surface area contributed by atoms with Gasteiger partial charge in [-0.25, -0.2) is 0 Å². The Balaban J connectivity index is 2.43. The number of aryl methyl sites for hydroxylation is 1. The number of rotatable bonds is 7. The first kappa shape index (κ1) is 12.2. The molecule has 1 N–H and O–H groups in total. The van der Waals surface area contributed by atoms with Crippen molar-refractivity contribution in [3.63, 3.8) is 0 Å². The van der Waals surface area contributed by atoms with Gasteiger partial charge in [0.15, 0.2) is 0 Å². The predicted molar refractivity (Wildman–Crippen MR) is 60.9 cm³/mol. The summed E-state index contributed by atoms with van der Waals surface area (Å²) in [5, 5.41) is 7.50. The van der Waals surface area contributed by atoms with Crippen molar-refractivity contribution >= 4 is 0 Å². The van der Waals surface area contributed by atoms with E-state index in [0.29, 0.717) is 6.04 Å². The van der Waals surface area contributed by atoms with Crippen molar-refractivity contribution in [2.24, 2.45) is 0 Å². The van der Waals surface area contributed by atoms with Crippen LogP contribution in [0.2, 0.25) is 0 Å². The molecule has 1 unspecified atom stereocenters. The zero-order valence-corrected chi connectivity index (χ0v) is 9.86. The number of nitrogens with one attached hydrogen (secondary N) is 1. The van der Waals surface area contributed by atoms with Crippen molar-refractivity contribution in [3.05, 3.63) is 18.0 Å². The van der Waals surface area contributed by atoms with E-state index >= 15 is 0 Å². The normalized spacial score (nSPS) is 13.0. The van der Waals surface area contributed by atoms with E-state index < -0.39 is 0 Å². The van der Waals surface area contributed by atoms with E-state index in [0.717, 1.165) is 26.2 Å². The zero-order chi connectivity index (χ0) is 11.1. The Hall–Kier alpha value is -0.870. The van der Waals surface area contributed by atoms with Gasteiger partial charge in [-0.05, 0) is 32.9 Å². The number of aromatic nitrogens is 2. The Morgan fingerprint density at radius 1 is 1.53 bits per heavy atom. The maximum absolute atomic E-state index is 5.40. The lowest BCUT2D eigenvalue weighted by Gasteiger charge is -2.14. The van der Waals surface area contributed by atoms with E-state index in [2.05, 4.69) is 23.5 Å². The van der Waals surface area contributed by atoms with Crippen LogP contribution in [0.5, 0.6) is 0 Å². The Labute approximate surface area is 91.6 Å². The topological polar surface area (TPSA) is 39.1 Å². The second-order valence-corrected chi connectivity index (χ2v) is 3.55. The summed E-state index contributed by atoms with van der Waals surface area (Å²) in [5.41, 5.74) is 1.26. The Morgan fingerprint density at radius 2 is 2.33 bits per heavy atom. The van der Waals surface area contributed by atoms with Crippen molar-refractivity contribution in [1.29, 1.82) is 0 Å². The van der Waals surface area contributed by atoms with Crippen LogP contribution in [0.25, 0.3) is 0 Å². The van der Waals surface area contributed by atoms with Gasteiger partial charge in [0.1, 0.15) is 0 Å². The summed E-state index contributed by atoms with van der Waals surface area (Å²) in [4.78, 5) is 0. The average molecular weight is 211 g/mol. The van der Waals surface area contributed by atoms with Gasteiger partial charge >= 0.3 is 0 Å². The van der Waals surface area contributed by atoms with Gasteiger partial charge in [0.25, 0.3) is 0 Å².